The standard InChI is InChI=1S/C10H15N3O2/c1-8-7-12(2)11-9(8)10(14)13-3-5-15-6-4-13/h7H,3-6H2,1-2H3. The average Bonchev–Trinajstić information content (AvgIpc) is 2.58. The second-order valence-corrected chi connectivity index (χ2v) is 3.74. The van der Waals surface area contributed by atoms with E-state index in [2.05, 4.69) is 5.10 Å². The zero-order valence-corrected chi connectivity index (χ0v) is 9.06. The molecule has 5 nitrogen and oxygen atoms in total. The summed E-state index contributed by atoms with van der Waals surface area (Å²) in [4.78, 5) is 13.8. The molecule has 0 aromatic carbocycles. The maximum atomic E-state index is 12.0. The van der Waals surface area contributed by atoms with Crippen molar-refractivity contribution >= 4 is 5.91 Å². The van der Waals surface area contributed by atoms with Gasteiger partial charge in [-0.1, -0.05) is 0 Å². The number of carbonyl (C=O) groups is 1. The third-order valence-corrected chi connectivity index (χ3v) is 2.51. The van der Waals surface area contributed by atoms with Gasteiger partial charge in [-0.05, 0) is 6.92 Å². The molecule has 0 spiro atoms. The van der Waals surface area contributed by atoms with E-state index in [-0.39, 0.29) is 5.91 Å². The lowest BCUT2D eigenvalue weighted by atomic mass is 10.2. The fraction of sp³-hybridized carbons (Fsp3) is 0.600. The molecule has 1 aromatic rings. The normalized spacial score (nSPS) is 16.8. The van der Waals surface area contributed by atoms with E-state index in [9.17, 15) is 4.79 Å². The highest BCUT2D eigenvalue weighted by molar-refractivity contribution is 5.93. The molecule has 82 valence electrons. The molecule has 2 heterocycles. The van der Waals surface area contributed by atoms with E-state index in [4.69, 9.17) is 4.74 Å². The first-order valence-corrected chi connectivity index (χ1v) is 5.06. The van der Waals surface area contributed by atoms with Crippen molar-refractivity contribution in [3.63, 3.8) is 0 Å². The number of aryl methyl sites for hydroxylation is 2. The van der Waals surface area contributed by atoms with Crippen LogP contribution in [-0.4, -0.2) is 46.9 Å². The molecule has 0 saturated carbocycles. The predicted molar refractivity (Wildman–Crippen MR) is 54.7 cm³/mol. The highest BCUT2D eigenvalue weighted by atomic mass is 16.5. The number of carbonyl (C=O) groups excluding carboxylic acids is 1. The summed E-state index contributed by atoms with van der Waals surface area (Å²) < 4.78 is 6.87. The van der Waals surface area contributed by atoms with Crippen LogP contribution in [0.1, 0.15) is 16.1 Å². The number of hydrogen-bond acceptors (Lipinski definition) is 3. The first-order chi connectivity index (χ1) is 7.18. The molecular formula is C10H15N3O2. The van der Waals surface area contributed by atoms with Crippen LogP contribution >= 0.6 is 0 Å². The van der Waals surface area contributed by atoms with E-state index >= 15 is 0 Å². The molecule has 0 atom stereocenters. The van der Waals surface area contributed by atoms with Crippen molar-refractivity contribution in [3.8, 4) is 0 Å². The van der Waals surface area contributed by atoms with Crippen LogP contribution in [0.2, 0.25) is 0 Å². The fourth-order valence-corrected chi connectivity index (χ4v) is 1.73. The van der Waals surface area contributed by atoms with Crippen molar-refractivity contribution in [2.24, 2.45) is 7.05 Å². The molecule has 0 bridgehead atoms. The maximum Gasteiger partial charge on any atom is 0.274 e. The Morgan fingerprint density at radius 2 is 2.13 bits per heavy atom. The predicted octanol–water partition coefficient (Wildman–Crippen LogP) is 0.201. The minimum atomic E-state index is 0.0106. The van der Waals surface area contributed by atoms with Crippen molar-refractivity contribution in [3.05, 3.63) is 17.5 Å². The van der Waals surface area contributed by atoms with Crippen LogP contribution in [0, 0.1) is 6.92 Å². The first kappa shape index (κ1) is 10.2. The zero-order valence-electron chi connectivity index (χ0n) is 9.06. The van der Waals surface area contributed by atoms with Gasteiger partial charge in [-0.25, -0.2) is 0 Å². The Morgan fingerprint density at radius 1 is 1.47 bits per heavy atom. The van der Waals surface area contributed by atoms with Crippen LogP contribution in [0.15, 0.2) is 6.20 Å². The number of rotatable bonds is 1. The van der Waals surface area contributed by atoms with Gasteiger partial charge in [0.05, 0.1) is 13.2 Å². The number of morpholine rings is 1. The molecule has 1 aromatic heterocycles. The van der Waals surface area contributed by atoms with Crippen LogP contribution in [-0.2, 0) is 11.8 Å². The first-order valence-electron chi connectivity index (χ1n) is 5.06. The van der Waals surface area contributed by atoms with Crippen molar-refractivity contribution < 1.29 is 9.53 Å². The smallest absolute Gasteiger partial charge is 0.274 e. The van der Waals surface area contributed by atoms with Gasteiger partial charge in [0.25, 0.3) is 5.91 Å². The fourth-order valence-electron chi connectivity index (χ4n) is 1.73. The van der Waals surface area contributed by atoms with Crippen molar-refractivity contribution in [2.45, 2.75) is 6.92 Å². The summed E-state index contributed by atoms with van der Waals surface area (Å²) in [6, 6.07) is 0. The molecular weight excluding hydrogens is 194 g/mol. The third kappa shape index (κ3) is 2.02. The monoisotopic (exact) mass is 209 g/mol. The average molecular weight is 209 g/mol. The van der Waals surface area contributed by atoms with Gasteiger partial charge in [-0.15, -0.1) is 0 Å². The molecule has 1 aliphatic heterocycles. The summed E-state index contributed by atoms with van der Waals surface area (Å²) in [6.07, 6.45) is 1.85. The van der Waals surface area contributed by atoms with Crippen molar-refractivity contribution in [2.75, 3.05) is 26.3 Å². The summed E-state index contributed by atoms with van der Waals surface area (Å²) in [6.45, 7) is 4.47. The highest BCUT2D eigenvalue weighted by Gasteiger charge is 2.22. The van der Waals surface area contributed by atoms with Crippen LogP contribution < -0.4 is 0 Å². The Bertz CT molecular complexity index is 367. The van der Waals surface area contributed by atoms with Crippen LogP contribution in [0.5, 0.6) is 0 Å². The number of ether oxygens (including phenoxy) is 1. The van der Waals surface area contributed by atoms with Gasteiger partial charge in [0, 0.05) is 31.9 Å². The van der Waals surface area contributed by atoms with Gasteiger partial charge >= 0.3 is 0 Å². The van der Waals surface area contributed by atoms with Gasteiger partial charge in [0.2, 0.25) is 0 Å². The highest BCUT2D eigenvalue weighted by Crippen LogP contribution is 2.09. The topological polar surface area (TPSA) is 47.4 Å². The third-order valence-electron chi connectivity index (χ3n) is 2.51. The molecule has 2 rings (SSSR count). The molecule has 0 N–H and O–H groups in total. The second-order valence-electron chi connectivity index (χ2n) is 3.74. The second kappa shape index (κ2) is 4.02. The Labute approximate surface area is 88.6 Å². The van der Waals surface area contributed by atoms with Gasteiger partial charge < -0.3 is 9.64 Å². The molecule has 0 unspecified atom stereocenters. The van der Waals surface area contributed by atoms with Gasteiger partial charge in [0.15, 0.2) is 5.69 Å². The molecule has 1 aliphatic rings. The SMILES string of the molecule is Cc1cn(C)nc1C(=O)N1CCOCC1. The lowest BCUT2D eigenvalue weighted by Crippen LogP contribution is -2.41. The van der Waals surface area contributed by atoms with E-state index < -0.39 is 0 Å². The Balaban J connectivity index is 2.16. The summed E-state index contributed by atoms with van der Waals surface area (Å²) in [7, 11) is 1.82. The zero-order chi connectivity index (χ0) is 10.8. The summed E-state index contributed by atoms with van der Waals surface area (Å²) >= 11 is 0. The van der Waals surface area contributed by atoms with E-state index in [0.29, 0.717) is 32.0 Å². The molecule has 0 aliphatic carbocycles. The van der Waals surface area contributed by atoms with Crippen LogP contribution in [0.4, 0.5) is 0 Å². The summed E-state index contributed by atoms with van der Waals surface area (Å²) in [5.74, 6) is 0.0106. The largest absolute Gasteiger partial charge is 0.378 e. The number of hydrogen-bond donors (Lipinski definition) is 0. The number of nitrogens with zero attached hydrogens (tertiary/aromatic N) is 3. The van der Waals surface area contributed by atoms with Gasteiger partial charge in [0.1, 0.15) is 0 Å². The molecule has 1 amide bonds. The van der Waals surface area contributed by atoms with E-state index in [1.165, 1.54) is 0 Å². The molecule has 0 radical (unpaired) electrons. The van der Waals surface area contributed by atoms with Gasteiger partial charge in [-0.2, -0.15) is 5.10 Å². The van der Waals surface area contributed by atoms with Gasteiger partial charge in [-0.3, -0.25) is 9.48 Å². The van der Waals surface area contributed by atoms with E-state index in [1.807, 2.05) is 20.2 Å². The number of aromatic nitrogens is 2. The molecule has 5 heteroatoms. The Kier molecular flexibility index (Phi) is 2.73. The summed E-state index contributed by atoms with van der Waals surface area (Å²) in [5, 5.41) is 4.17. The van der Waals surface area contributed by atoms with Crippen molar-refractivity contribution in [1.82, 2.24) is 14.7 Å². The molecule has 15 heavy (non-hydrogen) atoms. The quantitative estimate of drug-likeness (QED) is 0.664. The molecule has 1 fully saturated rings. The minimum absolute atomic E-state index is 0.0106. The Morgan fingerprint density at radius 3 is 2.67 bits per heavy atom. The maximum absolute atomic E-state index is 12.0. The minimum Gasteiger partial charge on any atom is -0.378 e. The number of amides is 1. The van der Waals surface area contributed by atoms with Crippen LogP contribution in [0.25, 0.3) is 0 Å². The van der Waals surface area contributed by atoms with Crippen molar-refractivity contribution in [1.29, 1.82) is 0 Å². The van der Waals surface area contributed by atoms with Crippen LogP contribution in [0.3, 0.4) is 0 Å². The lowest BCUT2D eigenvalue weighted by molar-refractivity contribution is 0.0298. The summed E-state index contributed by atoms with van der Waals surface area (Å²) in [5.41, 5.74) is 1.48. The van der Waals surface area contributed by atoms with E-state index in [1.54, 1.807) is 9.58 Å². The Hall–Kier alpha value is -1.36. The van der Waals surface area contributed by atoms with E-state index in [0.717, 1.165) is 5.56 Å². The lowest BCUT2D eigenvalue weighted by Gasteiger charge is -2.26. The molecule has 1 saturated heterocycles.